The second kappa shape index (κ2) is 9.55. The summed E-state index contributed by atoms with van der Waals surface area (Å²) in [6, 6.07) is 12.2. The van der Waals surface area contributed by atoms with Crippen molar-refractivity contribution >= 4 is 29.2 Å². The van der Waals surface area contributed by atoms with Gasteiger partial charge in [0.1, 0.15) is 5.75 Å². The van der Waals surface area contributed by atoms with Crippen molar-refractivity contribution in [2.24, 2.45) is 0 Å². The van der Waals surface area contributed by atoms with Gasteiger partial charge in [0.05, 0.1) is 0 Å². The molecule has 2 aromatic carbocycles. The Morgan fingerprint density at radius 2 is 1.46 bits per heavy atom. The Bertz CT molecular complexity index is 841. The Balaban J connectivity index is 1.82. The number of carbonyl (C=O) groups excluding carboxylic acids is 3. The van der Waals surface area contributed by atoms with Crippen LogP contribution in [-0.4, -0.2) is 30.5 Å². The number of benzene rings is 2. The molecule has 0 saturated heterocycles. The first-order chi connectivity index (χ1) is 13.2. The normalized spacial score (nSPS) is 11.3. The minimum Gasteiger partial charge on any atom is -0.482 e. The Kier molecular flexibility index (Phi) is 7.14. The van der Waals surface area contributed by atoms with Crippen molar-refractivity contribution in [3.63, 3.8) is 0 Å². The minimum absolute atomic E-state index is 0.180. The molecule has 0 radical (unpaired) electrons. The molecule has 7 heteroatoms. The third-order valence-corrected chi connectivity index (χ3v) is 3.70. The van der Waals surface area contributed by atoms with Crippen LogP contribution in [0.25, 0.3) is 0 Å². The number of carbonyl (C=O) groups is 3. The molecule has 2 aromatic rings. The van der Waals surface area contributed by atoms with Gasteiger partial charge in [-0.2, -0.15) is 0 Å². The van der Waals surface area contributed by atoms with Crippen LogP contribution in [0.3, 0.4) is 0 Å². The fourth-order valence-electron chi connectivity index (χ4n) is 2.53. The van der Waals surface area contributed by atoms with Gasteiger partial charge in [-0.15, -0.1) is 0 Å². The van der Waals surface area contributed by atoms with Crippen LogP contribution in [-0.2, 0) is 19.1 Å². The predicted octanol–water partition coefficient (Wildman–Crippen LogP) is 3.21. The van der Waals surface area contributed by atoms with Gasteiger partial charge in [-0.1, -0.05) is 6.07 Å². The number of rotatable bonds is 7. The number of nitrogens with one attached hydrogen (secondary N) is 2. The van der Waals surface area contributed by atoms with E-state index in [1.165, 1.54) is 13.8 Å². The molecule has 2 amide bonds. The van der Waals surface area contributed by atoms with E-state index in [0.29, 0.717) is 17.1 Å². The summed E-state index contributed by atoms with van der Waals surface area (Å²) in [7, 11) is 0. The van der Waals surface area contributed by atoms with Gasteiger partial charge < -0.3 is 20.1 Å². The monoisotopic (exact) mass is 384 g/mol. The van der Waals surface area contributed by atoms with E-state index in [0.717, 1.165) is 11.1 Å². The summed E-state index contributed by atoms with van der Waals surface area (Å²) in [5.74, 6) is -0.707. The second-order valence-electron chi connectivity index (χ2n) is 6.49. The average Bonchev–Trinajstić information content (AvgIpc) is 2.60. The van der Waals surface area contributed by atoms with E-state index in [4.69, 9.17) is 9.47 Å². The smallest absolute Gasteiger partial charge is 0.344 e. The van der Waals surface area contributed by atoms with Crippen molar-refractivity contribution in [2.45, 2.75) is 33.8 Å². The molecule has 1 unspecified atom stereocenters. The number of amides is 2. The number of aryl methyl sites for hydroxylation is 2. The summed E-state index contributed by atoms with van der Waals surface area (Å²) in [6.07, 6.45) is -0.981. The molecule has 0 heterocycles. The van der Waals surface area contributed by atoms with Crippen LogP contribution in [0, 0.1) is 13.8 Å². The summed E-state index contributed by atoms with van der Waals surface area (Å²) in [4.78, 5) is 35.1. The lowest BCUT2D eigenvalue weighted by Crippen LogP contribution is -2.31. The molecule has 2 rings (SSSR count). The molecular weight excluding hydrogens is 360 g/mol. The molecule has 28 heavy (non-hydrogen) atoms. The lowest BCUT2D eigenvalue weighted by molar-refractivity contribution is -0.155. The Labute approximate surface area is 164 Å². The molecule has 0 aliphatic rings. The van der Waals surface area contributed by atoms with Gasteiger partial charge in [0.2, 0.25) is 5.91 Å². The van der Waals surface area contributed by atoms with Crippen LogP contribution < -0.4 is 15.4 Å². The molecule has 0 bridgehead atoms. The van der Waals surface area contributed by atoms with Crippen LogP contribution in [0.1, 0.15) is 25.0 Å². The van der Waals surface area contributed by atoms with Gasteiger partial charge >= 0.3 is 5.97 Å². The SMILES string of the molecule is CC(=O)Nc1ccc(NC(=O)C(C)OC(=O)COc2cc(C)cc(C)c2)cc1. The van der Waals surface area contributed by atoms with Crippen LogP contribution in [0.5, 0.6) is 5.75 Å². The van der Waals surface area contributed by atoms with Gasteiger partial charge in [0.15, 0.2) is 12.7 Å². The maximum atomic E-state index is 12.2. The maximum absolute atomic E-state index is 12.2. The van der Waals surface area contributed by atoms with Gasteiger partial charge in [-0.25, -0.2) is 4.79 Å². The van der Waals surface area contributed by atoms with E-state index in [1.807, 2.05) is 32.0 Å². The molecule has 0 saturated carbocycles. The zero-order valence-electron chi connectivity index (χ0n) is 16.4. The highest BCUT2D eigenvalue weighted by molar-refractivity contribution is 5.95. The van der Waals surface area contributed by atoms with Crippen molar-refractivity contribution in [2.75, 3.05) is 17.2 Å². The van der Waals surface area contributed by atoms with Crippen molar-refractivity contribution in [1.82, 2.24) is 0 Å². The summed E-state index contributed by atoms with van der Waals surface area (Å²) >= 11 is 0. The fraction of sp³-hybridized carbons (Fsp3) is 0.286. The van der Waals surface area contributed by atoms with Crippen molar-refractivity contribution in [1.29, 1.82) is 0 Å². The minimum atomic E-state index is -0.981. The molecule has 0 aromatic heterocycles. The molecular formula is C21H24N2O5. The summed E-state index contributed by atoms with van der Waals surface area (Å²) in [6.45, 7) is 6.48. The molecule has 7 nitrogen and oxygen atoms in total. The Hall–Kier alpha value is -3.35. The third kappa shape index (κ3) is 6.75. The largest absolute Gasteiger partial charge is 0.482 e. The summed E-state index contributed by atoms with van der Waals surface area (Å²) in [5, 5.41) is 5.28. The third-order valence-electron chi connectivity index (χ3n) is 3.70. The first-order valence-corrected chi connectivity index (χ1v) is 8.82. The van der Waals surface area contributed by atoms with E-state index < -0.39 is 18.0 Å². The number of ether oxygens (including phenoxy) is 2. The van der Waals surface area contributed by atoms with Crippen molar-refractivity contribution < 1.29 is 23.9 Å². The van der Waals surface area contributed by atoms with Crippen molar-refractivity contribution in [3.8, 4) is 5.75 Å². The van der Waals surface area contributed by atoms with Crippen LogP contribution in [0.4, 0.5) is 11.4 Å². The van der Waals surface area contributed by atoms with Crippen molar-refractivity contribution in [3.05, 3.63) is 53.6 Å². The molecule has 0 spiro atoms. The predicted molar refractivity (Wildman–Crippen MR) is 106 cm³/mol. The highest BCUT2D eigenvalue weighted by Crippen LogP contribution is 2.16. The highest BCUT2D eigenvalue weighted by Gasteiger charge is 2.18. The van der Waals surface area contributed by atoms with Gasteiger partial charge in [-0.05, 0) is 68.3 Å². The first kappa shape index (κ1) is 21.0. The van der Waals surface area contributed by atoms with Crippen LogP contribution in [0.2, 0.25) is 0 Å². The standard InChI is InChI=1S/C21H24N2O5/c1-13-9-14(2)11-19(10-13)27-12-20(25)28-15(3)21(26)23-18-7-5-17(6-8-18)22-16(4)24/h5-11,15H,12H2,1-4H3,(H,22,24)(H,23,26). The highest BCUT2D eigenvalue weighted by atomic mass is 16.6. The summed E-state index contributed by atoms with van der Waals surface area (Å²) < 4.78 is 10.5. The first-order valence-electron chi connectivity index (χ1n) is 8.82. The van der Waals surface area contributed by atoms with Gasteiger partial charge in [0, 0.05) is 18.3 Å². The number of anilines is 2. The van der Waals surface area contributed by atoms with E-state index in [9.17, 15) is 14.4 Å². The number of hydrogen-bond donors (Lipinski definition) is 2. The van der Waals surface area contributed by atoms with Gasteiger partial charge in [-0.3, -0.25) is 9.59 Å². The Morgan fingerprint density at radius 1 is 0.929 bits per heavy atom. The zero-order valence-corrected chi connectivity index (χ0v) is 16.4. The summed E-state index contributed by atoms with van der Waals surface area (Å²) in [5.41, 5.74) is 3.20. The second-order valence-corrected chi connectivity index (χ2v) is 6.49. The van der Waals surface area contributed by atoms with E-state index in [1.54, 1.807) is 24.3 Å². The maximum Gasteiger partial charge on any atom is 0.344 e. The quantitative estimate of drug-likeness (QED) is 0.715. The molecule has 1 atom stereocenters. The van der Waals surface area contributed by atoms with E-state index in [-0.39, 0.29) is 12.5 Å². The topological polar surface area (TPSA) is 93.7 Å². The molecule has 0 aliphatic heterocycles. The van der Waals surface area contributed by atoms with Crippen LogP contribution >= 0.6 is 0 Å². The van der Waals surface area contributed by atoms with Crippen LogP contribution in [0.15, 0.2) is 42.5 Å². The Morgan fingerprint density at radius 3 is 2.00 bits per heavy atom. The number of hydrogen-bond acceptors (Lipinski definition) is 5. The molecule has 0 fully saturated rings. The lowest BCUT2D eigenvalue weighted by Gasteiger charge is -2.14. The molecule has 0 aliphatic carbocycles. The lowest BCUT2D eigenvalue weighted by atomic mass is 10.1. The molecule has 2 N–H and O–H groups in total. The zero-order chi connectivity index (χ0) is 20.7. The number of esters is 1. The average molecular weight is 384 g/mol. The fourth-order valence-corrected chi connectivity index (χ4v) is 2.53. The van der Waals surface area contributed by atoms with E-state index >= 15 is 0 Å². The van der Waals surface area contributed by atoms with Gasteiger partial charge in [0.25, 0.3) is 5.91 Å². The van der Waals surface area contributed by atoms with E-state index in [2.05, 4.69) is 10.6 Å². The molecule has 148 valence electrons.